The van der Waals surface area contributed by atoms with Gasteiger partial charge in [-0.2, -0.15) is 0 Å². The lowest BCUT2D eigenvalue weighted by Crippen LogP contribution is -2.58. The molecule has 3 aliphatic rings. The van der Waals surface area contributed by atoms with Crippen LogP contribution < -0.4 is 5.32 Å². The normalized spacial score (nSPS) is 43.1. The molecule has 6 atom stereocenters. The highest BCUT2D eigenvalue weighted by atomic mass is 127. The first kappa shape index (κ1) is 14.1. The van der Waals surface area contributed by atoms with Crippen molar-refractivity contribution in [2.24, 2.45) is 17.8 Å². The molecule has 0 amide bonds. The van der Waals surface area contributed by atoms with Crippen LogP contribution in [0, 0.1) is 17.8 Å². The molecule has 3 heteroatoms. The molecular weight excluding hydrogens is 349 g/mol. The Hall–Kier alpha value is 0.130. The van der Waals surface area contributed by atoms with Crippen molar-refractivity contribution in [3.8, 4) is 0 Å². The molecule has 0 radical (unpaired) electrons. The van der Waals surface area contributed by atoms with E-state index in [2.05, 4.69) is 60.0 Å². The summed E-state index contributed by atoms with van der Waals surface area (Å²) in [6, 6.07) is 0.467. The highest BCUT2D eigenvalue weighted by Crippen LogP contribution is 2.40. The van der Waals surface area contributed by atoms with Crippen molar-refractivity contribution in [1.29, 1.82) is 0 Å². The zero-order valence-electron chi connectivity index (χ0n) is 11.8. The third-order valence-electron chi connectivity index (χ3n) is 5.00. The van der Waals surface area contributed by atoms with E-state index in [1.54, 1.807) is 0 Å². The summed E-state index contributed by atoms with van der Waals surface area (Å²) in [6.45, 7) is 5.54. The summed E-state index contributed by atoms with van der Waals surface area (Å²) in [5, 5.41) is 3.77. The fourth-order valence-electron chi connectivity index (χ4n) is 3.60. The number of hydrogen-bond acceptors (Lipinski definition) is 2. The fraction of sp³-hybridized carbons (Fsp3) is 0.750. The van der Waals surface area contributed by atoms with Crippen LogP contribution in [0.15, 0.2) is 23.8 Å². The molecule has 0 aromatic rings. The fourth-order valence-corrected chi connectivity index (χ4v) is 4.78. The van der Waals surface area contributed by atoms with Crippen LogP contribution in [0.3, 0.4) is 0 Å². The van der Waals surface area contributed by atoms with Crippen LogP contribution in [0.2, 0.25) is 0 Å². The minimum absolute atomic E-state index is 0.422. The number of rotatable bonds is 2. The second-order valence-corrected chi connectivity index (χ2v) is 7.49. The summed E-state index contributed by atoms with van der Waals surface area (Å²) in [5.41, 5.74) is 1.50. The molecule has 2 nitrogen and oxygen atoms in total. The number of halogens is 1. The van der Waals surface area contributed by atoms with Crippen LogP contribution in [0.5, 0.6) is 0 Å². The number of fused-ring (bicyclic) bond motifs is 3. The second kappa shape index (κ2) is 5.86. The Labute approximate surface area is 130 Å². The van der Waals surface area contributed by atoms with Gasteiger partial charge in [0, 0.05) is 24.5 Å². The number of nitrogens with one attached hydrogen (secondary N) is 1. The molecule has 19 heavy (non-hydrogen) atoms. The predicted octanol–water partition coefficient (Wildman–Crippen LogP) is 3.67. The third-order valence-corrected chi connectivity index (χ3v) is 6.28. The molecule has 0 aromatic carbocycles. The van der Waals surface area contributed by atoms with Gasteiger partial charge in [-0.3, -0.25) is 5.32 Å². The summed E-state index contributed by atoms with van der Waals surface area (Å²) in [4.78, 5) is 0. The van der Waals surface area contributed by atoms with Crippen molar-refractivity contribution >= 4 is 22.6 Å². The first-order valence-corrected chi connectivity index (χ1v) is 8.87. The highest BCUT2D eigenvalue weighted by Gasteiger charge is 2.44. The van der Waals surface area contributed by atoms with Gasteiger partial charge in [0.1, 0.15) is 0 Å². The van der Waals surface area contributed by atoms with Gasteiger partial charge in [0.2, 0.25) is 0 Å². The topological polar surface area (TPSA) is 21.3 Å². The lowest BCUT2D eigenvalue weighted by Gasteiger charge is -2.48. The second-order valence-electron chi connectivity index (χ2n) is 6.15. The Kier molecular flexibility index (Phi) is 4.34. The van der Waals surface area contributed by atoms with Crippen molar-refractivity contribution in [3.05, 3.63) is 23.8 Å². The van der Waals surface area contributed by atoms with Crippen molar-refractivity contribution in [2.45, 2.75) is 49.3 Å². The molecule has 1 aliphatic carbocycles. The van der Waals surface area contributed by atoms with E-state index in [0.717, 1.165) is 6.61 Å². The Morgan fingerprint density at radius 1 is 1.53 bits per heavy atom. The van der Waals surface area contributed by atoms with Gasteiger partial charge in [-0.25, -0.2) is 0 Å². The largest absolute Gasteiger partial charge is 0.377 e. The van der Waals surface area contributed by atoms with Crippen LogP contribution in [0.1, 0.15) is 33.1 Å². The maximum absolute atomic E-state index is 6.16. The van der Waals surface area contributed by atoms with E-state index in [-0.39, 0.29) is 0 Å². The number of piperidine rings is 1. The van der Waals surface area contributed by atoms with Crippen LogP contribution in [0.4, 0.5) is 0 Å². The van der Waals surface area contributed by atoms with Gasteiger partial charge in [-0.05, 0) is 30.8 Å². The van der Waals surface area contributed by atoms with E-state index in [0.29, 0.717) is 33.9 Å². The van der Waals surface area contributed by atoms with Gasteiger partial charge < -0.3 is 4.74 Å². The zero-order valence-corrected chi connectivity index (χ0v) is 14.0. The van der Waals surface area contributed by atoms with Crippen molar-refractivity contribution in [3.63, 3.8) is 0 Å². The average Bonchev–Trinajstić information content (AvgIpc) is 2.46. The van der Waals surface area contributed by atoms with Gasteiger partial charge >= 0.3 is 0 Å². The Morgan fingerprint density at radius 2 is 2.37 bits per heavy atom. The molecule has 2 aliphatic heterocycles. The third kappa shape index (κ3) is 2.66. The minimum atomic E-state index is 0.422. The van der Waals surface area contributed by atoms with Gasteiger partial charge in [-0.15, -0.1) is 0 Å². The molecule has 3 rings (SSSR count). The average molecular weight is 373 g/mol. The molecular formula is C16H24INO. The van der Waals surface area contributed by atoms with Crippen molar-refractivity contribution < 1.29 is 4.74 Å². The molecule has 106 valence electrons. The first-order chi connectivity index (χ1) is 9.20. The SMILES string of the molecule is CCC(C)C1=CC2C(C=C1)N[C@@H](I)[C@@H]1CCCO[C@H]21. The van der Waals surface area contributed by atoms with Gasteiger partial charge in [0.15, 0.2) is 0 Å². The Morgan fingerprint density at radius 3 is 3.16 bits per heavy atom. The Bertz CT molecular complexity index is 392. The van der Waals surface area contributed by atoms with E-state index in [4.69, 9.17) is 4.74 Å². The van der Waals surface area contributed by atoms with E-state index >= 15 is 0 Å². The predicted molar refractivity (Wildman–Crippen MR) is 87.4 cm³/mol. The lowest BCUT2D eigenvalue weighted by molar-refractivity contribution is -0.0720. The molecule has 0 aromatic heterocycles. The maximum Gasteiger partial charge on any atom is 0.0706 e. The summed E-state index contributed by atoms with van der Waals surface area (Å²) in [6.07, 6.45) is 11.4. The number of ether oxygens (including phenoxy) is 1. The van der Waals surface area contributed by atoms with Crippen LogP contribution in [-0.4, -0.2) is 22.8 Å². The molecule has 2 heterocycles. The van der Waals surface area contributed by atoms with E-state index in [1.165, 1.54) is 24.8 Å². The summed E-state index contributed by atoms with van der Waals surface area (Å²) in [7, 11) is 0. The minimum Gasteiger partial charge on any atom is -0.377 e. The molecule has 2 fully saturated rings. The highest BCUT2D eigenvalue weighted by molar-refractivity contribution is 14.1. The molecule has 3 unspecified atom stereocenters. The van der Waals surface area contributed by atoms with Crippen LogP contribution >= 0.6 is 22.6 Å². The van der Waals surface area contributed by atoms with Gasteiger partial charge in [-0.1, -0.05) is 54.7 Å². The zero-order chi connectivity index (χ0) is 13.4. The summed E-state index contributed by atoms with van der Waals surface area (Å²) < 4.78 is 6.71. The first-order valence-electron chi connectivity index (χ1n) is 7.62. The van der Waals surface area contributed by atoms with Gasteiger partial charge in [0.25, 0.3) is 0 Å². The molecule has 0 spiro atoms. The molecule has 1 N–H and O–H groups in total. The van der Waals surface area contributed by atoms with Gasteiger partial charge in [0.05, 0.1) is 10.2 Å². The van der Waals surface area contributed by atoms with Crippen LogP contribution in [-0.2, 0) is 4.74 Å². The number of alkyl halides is 1. The van der Waals surface area contributed by atoms with E-state index in [1.807, 2.05) is 0 Å². The molecule has 0 saturated carbocycles. The monoisotopic (exact) mass is 373 g/mol. The van der Waals surface area contributed by atoms with Crippen LogP contribution in [0.25, 0.3) is 0 Å². The van der Waals surface area contributed by atoms with Crippen molar-refractivity contribution in [2.75, 3.05) is 6.61 Å². The maximum atomic E-state index is 6.16. The molecule has 0 bridgehead atoms. The Balaban J connectivity index is 1.84. The number of allylic oxidation sites excluding steroid dienone is 2. The standard InChI is InChI=1S/C16H24INO/c1-3-10(2)11-6-7-14-13(9-11)15-12(16(17)18-14)5-4-8-19-15/h6-7,9-10,12-16,18H,3-5,8H2,1-2H3/t10?,12-,13?,14?,15+,16-/m1/s1. The summed E-state index contributed by atoms with van der Waals surface area (Å²) >= 11 is 2.56. The van der Waals surface area contributed by atoms with E-state index in [9.17, 15) is 0 Å². The molecule has 2 saturated heterocycles. The van der Waals surface area contributed by atoms with Crippen molar-refractivity contribution in [1.82, 2.24) is 5.32 Å². The smallest absolute Gasteiger partial charge is 0.0706 e. The number of hydrogen-bond donors (Lipinski definition) is 1. The summed E-state index contributed by atoms with van der Waals surface area (Å²) in [5.74, 6) is 1.87. The van der Waals surface area contributed by atoms with E-state index < -0.39 is 0 Å². The quantitative estimate of drug-likeness (QED) is 0.453. The lowest BCUT2D eigenvalue weighted by atomic mass is 9.74.